The van der Waals surface area contributed by atoms with E-state index >= 15 is 0 Å². The lowest BCUT2D eigenvalue weighted by atomic mass is 10.0. The van der Waals surface area contributed by atoms with Crippen molar-refractivity contribution >= 4 is 5.82 Å². The number of nitrogens with one attached hydrogen (secondary N) is 1. The fraction of sp³-hybridized carbons (Fsp3) is 0.429. The number of anilines is 1. The molecule has 2 atom stereocenters. The van der Waals surface area contributed by atoms with E-state index in [4.69, 9.17) is 5.26 Å². The van der Waals surface area contributed by atoms with Crippen LogP contribution in [0, 0.1) is 11.3 Å². The zero-order valence-electron chi connectivity index (χ0n) is 12.2. The van der Waals surface area contributed by atoms with E-state index < -0.39 is 18.6 Å². The van der Waals surface area contributed by atoms with Gasteiger partial charge in [-0.2, -0.15) is 23.5 Å². The van der Waals surface area contributed by atoms with Crippen molar-refractivity contribution in [2.45, 2.75) is 31.5 Å². The van der Waals surface area contributed by atoms with Gasteiger partial charge in [0.2, 0.25) is 0 Å². The molecular weight excluding hydrogens is 309 g/mol. The van der Waals surface area contributed by atoms with Crippen molar-refractivity contribution in [3.63, 3.8) is 0 Å². The number of rotatable bonds is 3. The fourth-order valence-electron chi connectivity index (χ4n) is 2.66. The van der Waals surface area contributed by atoms with Crippen LogP contribution in [0.25, 0.3) is 11.3 Å². The van der Waals surface area contributed by atoms with Gasteiger partial charge in [0.05, 0.1) is 24.4 Å². The lowest BCUT2D eigenvalue weighted by molar-refractivity contribution is -0.169. The molecule has 3 heterocycles. The maximum absolute atomic E-state index is 13.0. The molecule has 6 nitrogen and oxygen atoms in total. The Morgan fingerprint density at radius 2 is 2.26 bits per heavy atom. The van der Waals surface area contributed by atoms with Gasteiger partial charge >= 0.3 is 6.18 Å². The number of alkyl halides is 3. The van der Waals surface area contributed by atoms with Crippen molar-refractivity contribution in [2.75, 3.05) is 11.9 Å². The van der Waals surface area contributed by atoms with Crippen LogP contribution < -0.4 is 5.32 Å². The van der Waals surface area contributed by atoms with Gasteiger partial charge in [-0.05, 0) is 0 Å². The zero-order valence-corrected chi connectivity index (χ0v) is 12.2. The minimum atomic E-state index is -4.54. The van der Waals surface area contributed by atoms with E-state index in [2.05, 4.69) is 20.4 Å². The highest BCUT2D eigenvalue weighted by atomic mass is 19.4. The van der Waals surface area contributed by atoms with Gasteiger partial charge in [0.25, 0.3) is 0 Å². The summed E-state index contributed by atoms with van der Waals surface area (Å²) in [6, 6.07) is -0.412. The molecule has 0 spiro atoms. The molecule has 1 N–H and O–H groups in total. The molecule has 2 aromatic rings. The predicted octanol–water partition coefficient (Wildman–Crippen LogP) is 2.89. The van der Waals surface area contributed by atoms with E-state index in [1.54, 1.807) is 6.07 Å². The SMILES string of the molecule is CC1CNc2ncnc(-c3cnn(C(CC#N)C(F)(F)F)c3)c21. The van der Waals surface area contributed by atoms with Crippen molar-refractivity contribution in [1.82, 2.24) is 19.7 Å². The highest BCUT2D eigenvalue weighted by Crippen LogP contribution is 2.37. The quantitative estimate of drug-likeness (QED) is 0.940. The number of fused-ring (bicyclic) bond motifs is 1. The second kappa shape index (κ2) is 5.53. The van der Waals surface area contributed by atoms with Crippen LogP contribution in [0.3, 0.4) is 0 Å². The van der Waals surface area contributed by atoms with Crippen LogP contribution in [0.15, 0.2) is 18.7 Å². The molecule has 0 amide bonds. The van der Waals surface area contributed by atoms with E-state index in [0.717, 1.165) is 10.2 Å². The molecule has 1 aliphatic heterocycles. The van der Waals surface area contributed by atoms with Crippen molar-refractivity contribution in [2.24, 2.45) is 0 Å². The Bertz CT molecular complexity index is 761. The molecule has 0 saturated heterocycles. The summed E-state index contributed by atoms with van der Waals surface area (Å²) in [7, 11) is 0. The summed E-state index contributed by atoms with van der Waals surface area (Å²) in [5.74, 6) is 0.849. The topological polar surface area (TPSA) is 79.4 Å². The summed E-state index contributed by atoms with van der Waals surface area (Å²) in [6.07, 6.45) is -1.24. The summed E-state index contributed by atoms with van der Waals surface area (Å²) in [6.45, 7) is 2.69. The van der Waals surface area contributed by atoms with Gasteiger partial charge in [-0.25, -0.2) is 9.97 Å². The number of hydrogen-bond donors (Lipinski definition) is 1. The molecule has 2 aromatic heterocycles. The Kier molecular flexibility index (Phi) is 3.67. The highest BCUT2D eigenvalue weighted by molar-refractivity contribution is 5.70. The lowest BCUT2D eigenvalue weighted by Crippen LogP contribution is -2.26. The lowest BCUT2D eigenvalue weighted by Gasteiger charge is -2.17. The van der Waals surface area contributed by atoms with E-state index in [9.17, 15) is 13.2 Å². The summed E-state index contributed by atoms with van der Waals surface area (Å²) < 4.78 is 39.9. The average Bonchev–Trinajstić information content (AvgIpc) is 3.11. The molecular formula is C14H13F3N6. The molecule has 0 bridgehead atoms. The molecule has 1 aliphatic rings. The van der Waals surface area contributed by atoms with Gasteiger partial charge in [0.1, 0.15) is 12.1 Å². The molecule has 0 fully saturated rings. The van der Waals surface area contributed by atoms with Gasteiger partial charge in [-0.15, -0.1) is 0 Å². The van der Waals surface area contributed by atoms with Gasteiger partial charge < -0.3 is 5.32 Å². The van der Waals surface area contributed by atoms with E-state index in [-0.39, 0.29) is 5.92 Å². The minimum absolute atomic E-state index is 0.155. The van der Waals surface area contributed by atoms with Gasteiger partial charge in [-0.1, -0.05) is 6.92 Å². The molecule has 0 saturated carbocycles. The van der Waals surface area contributed by atoms with Gasteiger partial charge in [0, 0.05) is 29.8 Å². The molecule has 23 heavy (non-hydrogen) atoms. The van der Waals surface area contributed by atoms with Crippen molar-refractivity contribution in [3.8, 4) is 17.3 Å². The Labute approximate surface area is 130 Å². The van der Waals surface area contributed by atoms with Crippen LogP contribution in [0.1, 0.15) is 30.9 Å². The first-order valence-corrected chi connectivity index (χ1v) is 6.98. The monoisotopic (exact) mass is 322 g/mol. The van der Waals surface area contributed by atoms with Crippen molar-refractivity contribution in [1.29, 1.82) is 5.26 Å². The van der Waals surface area contributed by atoms with Crippen LogP contribution in [-0.2, 0) is 0 Å². The van der Waals surface area contributed by atoms with E-state index in [1.807, 2.05) is 6.92 Å². The van der Waals surface area contributed by atoms with E-state index in [0.29, 0.717) is 23.6 Å². The van der Waals surface area contributed by atoms with Gasteiger partial charge in [-0.3, -0.25) is 4.68 Å². The third-order valence-electron chi connectivity index (χ3n) is 3.81. The minimum Gasteiger partial charge on any atom is -0.369 e. The third-order valence-corrected chi connectivity index (χ3v) is 3.81. The number of halogens is 3. The van der Waals surface area contributed by atoms with Crippen LogP contribution in [-0.4, -0.2) is 32.5 Å². The second-order valence-electron chi connectivity index (χ2n) is 5.40. The van der Waals surface area contributed by atoms with E-state index in [1.165, 1.54) is 18.7 Å². The number of hydrogen-bond acceptors (Lipinski definition) is 5. The van der Waals surface area contributed by atoms with Crippen molar-refractivity contribution < 1.29 is 13.2 Å². The summed E-state index contributed by atoms with van der Waals surface area (Å²) >= 11 is 0. The summed E-state index contributed by atoms with van der Waals surface area (Å²) in [4.78, 5) is 8.34. The maximum atomic E-state index is 13.0. The third kappa shape index (κ3) is 2.72. The summed E-state index contributed by atoms with van der Waals surface area (Å²) in [5, 5.41) is 15.6. The predicted molar refractivity (Wildman–Crippen MR) is 75.5 cm³/mol. The first-order chi connectivity index (χ1) is 10.9. The Hall–Kier alpha value is -2.63. The summed E-state index contributed by atoms with van der Waals surface area (Å²) in [5.41, 5.74) is 1.92. The second-order valence-corrected chi connectivity index (χ2v) is 5.40. The molecule has 120 valence electrons. The molecule has 2 unspecified atom stereocenters. The highest BCUT2D eigenvalue weighted by Gasteiger charge is 2.41. The zero-order chi connectivity index (χ0) is 16.6. The Morgan fingerprint density at radius 1 is 1.48 bits per heavy atom. The largest absolute Gasteiger partial charge is 0.411 e. The van der Waals surface area contributed by atoms with Crippen LogP contribution >= 0.6 is 0 Å². The molecule has 0 aromatic carbocycles. The maximum Gasteiger partial charge on any atom is 0.411 e. The first-order valence-electron chi connectivity index (χ1n) is 6.98. The number of nitriles is 1. The van der Waals surface area contributed by atoms with Crippen molar-refractivity contribution in [3.05, 3.63) is 24.3 Å². The standard InChI is InChI=1S/C14H13F3N6/c1-8-4-19-13-11(8)12(20-7-21-13)9-5-22-23(6-9)10(2-3-18)14(15,16)17/h5-8,10H,2,4H2,1H3,(H,19,20,21). The Morgan fingerprint density at radius 3 is 2.96 bits per heavy atom. The Balaban J connectivity index is 2.01. The number of aromatic nitrogens is 4. The normalized spacial score (nSPS) is 18.1. The van der Waals surface area contributed by atoms with Crippen LogP contribution in [0.4, 0.5) is 19.0 Å². The smallest absolute Gasteiger partial charge is 0.369 e. The molecule has 9 heteroatoms. The molecule has 0 aliphatic carbocycles. The first kappa shape index (κ1) is 15.3. The average molecular weight is 322 g/mol. The van der Waals surface area contributed by atoms with Crippen LogP contribution in [0.2, 0.25) is 0 Å². The molecule has 0 radical (unpaired) electrons. The van der Waals surface area contributed by atoms with Gasteiger partial charge in [0.15, 0.2) is 6.04 Å². The molecule has 3 rings (SSSR count). The number of nitrogens with zero attached hydrogens (tertiary/aromatic N) is 5. The van der Waals surface area contributed by atoms with Crippen LogP contribution in [0.5, 0.6) is 0 Å². The fourth-order valence-corrected chi connectivity index (χ4v) is 2.66.